The van der Waals surface area contributed by atoms with Gasteiger partial charge in [0.15, 0.2) is 0 Å². The van der Waals surface area contributed by atoms with Crippen molar-refractivity contribution in [1.29, 1.82) is 0 Å². The maximum absolute atomic E-state index is 12.4. The number of amides is 1. The quantitative estimate of drug-likeness (QED) is 0.725. The van der Waals surface area contributed by atoms with Crippen LogP contribution in [0, 0.1) is 0 Å². The van der Waals surface area contributed by atoms with Crippen LogP contribution in [0.1, 0.15) is 38.1 Å². The summed E-state index contributed by atoms with van der Waals surface area (Å²) in [4.78, 5) is 14.8. The lowest BCUT2D eigenvalue weighted by molar-refractivity contribution is 0.102. The molecule has 0 saturated carbocycles. The molecular weight excluding hydrogens is 362 g/mol. The first kappa shape index (κ1) is 20.9. The van der Waals surface area contributed by atoms with Gasteiger partial charge in [-0.05, 0) is 76.2 Å². The van der Waals surface area contributed by atoms with Crippen LogP contribution in [0.2, 0.25) is 0 Å². The van der Waals surface area contributed by atoms with E-state index in [1.807, 2.05) is 12.1 Å². The van der Waals surface area contributed by atoms with Gasteiger partial charge in [0.05, 0.1) is 4.90 Å². The fourth-order valence-corrected chi connectivity index (χ4v) is 3.96. The fraction of sp³-hybridized carbons (Fsp3) is 0.350. The molecule has 0 aliphatic carbocycles. The second-order valence-electron chi connectivity index (χ2n) is 6.47. The fourth-order valence-electron chi connectivity index (χ4n) is 2.71. The van der Waals surface area contributed by atoms with Crippen molar-refractivity contribution in [2.24, 2.45) is 0 Å². The van der Waals surface area contributed by atoms with Crippen LogP contribution in [0.4, 0.5) is 11.4 Å². The van der Waals surface area contributed by atoms with Crippen LogP contribution in [0.15, 0.2) is 53.4 Å². The number of anilines is 2. The van der Waals surface area contributed by atoms with E-state index in [-0.39, 0.29) is 16.8 Å². The molecule has 0 aliphatic rings. The Kier molecular flexibility index (Phi) is 6.98. The summed E-state index contributed by atoms with van der Waals surface area (Å²) in [5, 5.41) is 2.79. The van der Waals surface area contributed by atoms with E-state index in [1.165, 1.54) is 12.1 Å². The van der Waals surface area contributed by atoms with E-state index in [0.29, 0.717) is 11.3 Å². The number of benzene rings is 2. The summed E-state index contributed by atoms with van der Waals surface area (Å²) < 4.78 is 26.8. The predicted octanol–water partition coefficient (Wildman–Crippen LogP) is 3.47. The molecule has 0 unspecified atom stereocenters. The summed E-state index contributed by atoms with van der Waals surface area (Å²) in [7, 11) is -3.54. The molecule has 0 spiro atoms. The first-order chi connectivity index (χ1) is 12.8. The number of nitrogens with zero attached hydrogens (tertiary/aromatic N) is 1. The third-order valence-electron chi connectivity index (χ3n) is 4.07. The first-order valence-corrected chi connectivity index (χ1v) is 10.5. The van der Waals surface area contributed by atoms with Gasteiger partial charge in [-0.25, -0.2) is 13.1 Å². The zero-order valence-corrected chi connectivity index (χ0v) is 17.0. The maximum Gasteiger partial charge on any atom is 0.255 e. The van der Waals surface area contributed by atoms with Crippen LogP contribution in [0.3, 0.4) is 0 Å². The van der Waals surface area contributed by atoms with Gasteiger partial charge < -0.3 is 10.2 Å². The highest BCUT2D eigenvalue weighted by Gasteiger charge is 2.15. The molecule has 0 fully saturated rings. The summed E-state index contributed by atoms with van der Waals surface area (Å²) in [5.74, 6) is -0.239. The average molecular weight is 390 g/mol. The lowest BCUT2D eigenvalue weighted by Crippen LogP contribution is -2.30. The molecule has 7 heteroatoms. The highest BCUT2D eigenvalue weighted by Crippen LogP contribution is 2.18. The third-order valence-corrected chi connectivity index (χ3v) is 5.75. The molecule has 0 aliphatic heterocycles. The number of carbonyl (C=O) groups excluding carboxylic acids is 1. The second-order valence-corrected chi connectivity index (χ2v) is 8.19. The van der Waals surface area contributed by atoms with E-state index in [4.69, 9.17) is 0 Å². The van der Waals surface area contributed by atoms with Gasteiger partial charge in [0, 0.05) is 36.1 Å². The molecule has 0 heterocycles. The Morgan fingerprint density at radius 1 is 0.963 bits per heavy atom. The molecule has 2 rings (SSSR count). The Morgan fingerprint density at radius 3 is 2.00 bits per heavy atom. The van der Waals surface area contributed by atoms with Crippen LogP contribution in [0.25, 0.3) is 0 Å². The number of hydrogen-bond donors (Lipinski definition) is 2. The van der Waals surface area contributed by atoms with Gasteiger partial charge in [-0.1, -0.05) is 0 Å². The zero-order chi connectivity index (χ0) is 20.0. The van der Waals surface area contributed by atoms with E-state index in [9.17, 15) is 13.2 Å². The Bertz CT molecular complexity index is 856. The van der Waals surface area contributed by atoms with Crippen molar-refractivity contribution >= 4 is 27.3 Å². The van der Waals surface area contributed by atoms with Crippen LogP contribution < -0.4 is 14.9 Å². The number of carbonyl (C=O) groups is 1. The largest absolute Gasteiger partial charge is 0.372 e. The SMILES string of the molecule is CCN(CC)c1ccc(C(=O)Nc2ccc(S(=O)(=O)NC(C)C)cc2)cc1. The van der Waals surface area contributed by atoms with Gasteiger partial charge in [-0.2, -0.15) is 0 Å². The molecule has 0 bridgehead atoms. The molecule has 6 nitrogen and oxygen atoms in total. The van der Waals surface area contributed by atoms with E-state index in [0.717, 1.165) is 18.8 Å². The number of hydrogen-bond acceptors (Lipinski definition) is 4. The van der Waals surface area contributed by atoms with E-state index >= 15 is 0 Å². The lowest BCUT2D eigenvalue weighted by Gasteiger charge is -2.21. The van der Waals surface area contributed by atoms with Crippen LogP contribution in [0.5, 0.6) is 0 Å². The normalized spacial score (nSPS) is 11.4. The molecule has 2 N–H and O–H groups in total. The molecule has 0 radical (unpaired) electrons. The number of sulfonamides is 1. The van der Waals surface area contributed by atoms with Crippen molar-refractivity contribution in [1.82, 2.24) is 4.72 Å². The van der Waals surface area contributed by atoms with Crippen molar-refractivity contribution in [2.45, 2.75) is 38.6 Å². The standard InChI is InChI=1S/C20H27N3O3S/c1-5-23(6-2)18-11-7-16(8-12-18)20(24)21-17-9-13-19(14-10-17)27(25,26)22-15(3)4/h7-15,22H,5-6H2,1-4H3,(H,21,24). The van der Waals surface area contributed by atoms with E-state index in [2.05, 4.69) is 28.8 Å². The van der Waals surface area contributed by atoms with Gasteiger partial charge >= 0.3 is 0 Å². The van der Waals surface area contributed by atoms with Crippen LogP contribution >= 0.6 is 0 Å². The van der Waals surface area contributed by atoms with Crippen molar-refractivity contribution in [2.75, 3.05) is 23.3 Å². The molecule has 146 valence electrons. The van der Waals surface area contributed by atoms with Crippen LogP contribution in [-0.2, 0) is 10.0 Å². The van der Waals surface area contributed by atoms with Gasteiger partial charge in [-0.3, -0.25) is 4.79 Å². The van der Waals surface area contributed by atoms with Gasteiger partial charge in [0.25, 0.3) is 5.91 Å². The second kappa shape index (κ2) is 9.01. The van der Waals surface area contributed by atoms with Gasteiger partial charge in [0.2, 0.25) is 10.0 Å². The van der Waals surface area contributed by atoms with Gasteiger partial charge in [-0.15, -0.1) is 0 Å². The molecule has 0 saturated heterocycles. The Morgan fingerprint density at radius 2 is 1.52 bits per heavy atom. The minimum atomic E-state index is -3.54. The zero-order valence-electron chi connectivity index (χ0n) is 16.2. The van der Waals surface area contributed by atoms with E-state index in [1.54, 1.807) is 38.1 Å². The number of rotatable bonds is 8. The summed E-state index contributed by atoms with van der Waals surface area (Å²) in [6.45, 7) is 9.51. The average Bonchev–Trinajstić information content (AvgIpc) is 2.62. The highest BCUT2D eigenvalue weighted by molar-refractivity contribution is 7.89. The Hall–Kier alpha value is -2.38. The molecule has 27 heavy (non-hydrogen) atoms. The topological polar surface area (TPSA) is 78.5 Å². The summed E-state index contributed by atoms with van der Waals surface area (Å²) in [6.07, 6.45) is 0. The van der Waals surface area contributed by atoms with Crippen molar-refractivity contribution < 1.29 is 13.2 Å². The smallest absolute Gasteiger partial charge is 0.255 e. The summed E-state index contributed by atoms with van der Waals surface area (Å²) in [5.41, 5.74) is 2.16. The Labute approximate surface area is 161 Å². The minimum Gasteiger partial charge on any atom is -0.372 e. The predicted molar refractivity (Wildman–Crippen MR) is 110 cm³/mol. The number of nitrogens with one attached hydrogen (secondary N) is 2. The lowest BCUT2D eigenvalue weighted by atomic mass is 10.1. The van der Waals surface area contributed by atoms with E-state index < -0.39 is 10.0 Å². The third kappa shape index (κ3) is 5.55. The molecule has 0 atom stereocenters. The monoisotopic (exact) mass is 389 g/mol. The van der Waals surface area contributed by atoms with Gasteiger partial charge in [0.1, 0.15) is 0 Å². The highest BCUT2D eigenvalue weighted by atomic mass is 32.2. The molecule has 2 aromatic carbocycles. The molecule has 2 aromatic rings. The van der Waals surface area contributed by atoms with Crippen molar-refractivity contribution in [3.05, 3.63) is 54.1 Å². The molecule has 1 amide bonds. The van der Waals surface area contributed by atoms with Crippen molar-refractivity contribution in [3.63, 3.8) is 0 Å². The maximum atomic E-state index is 12.4. The van der Waals surface area contributed by atoms with Crippen LogP contribution in [-0.4, -0.2) is 33.5 Å². The molecular formula is C20H27N3O3S. The first-order valence-electron chi connectivity index (χ1n) is 9.05. The van der Waals surface area contributed by atoms with Crippen molar-refractivity contribution in [3.8, 4) is 0 Å². The minimum absolute atomic E-state index is 0.165. The molecule has 0 aromatic heterocycles. The Balaban J connectivity index is 2.08. The summed E-state index contributed by atoms with van der Waals surface area (Å²) in [6, 6.07) is 13.4. The summed E-state index contributed by atoms with van der Waals surface area (Å²) >= 11 is 0.